The van der Waals surface area contributed by atoms with Gasteiger partial charge >= 0.3 is 17.9 Å². The topological polar surface area (TPSA) is 78.9 Å². The Bertz CT molecular complexity index is 1510. The van der Waals surface area contributed by atoms with Crippen LogP contribution in [0.3, 0.4) is 0 Å². The molecule has 0 bridgehead atoms. The monoisotopic (exact) mass is 1030 g/mol. The zero-order valence-electron chi connectivity index (χ0n) is 48.3. The highest BCUT2D eigenvalue weighted by atomic mass is 16.6. The van der Waals surface area contributed by atoms with E-state index in [-0.39, 0.29) is 31.1 Å². The van der Waals surface area contributed by atoms with Crippen molar-refractivity contribution in [2.24, 2.45) is 0 Å². The van der Waals surface area contributed by atoms with Crippen molar-refractivity contribution in [3.63, 3.8) is 0 Å². The molecule has 0 aliphatic heterocycles. The standard InChI is InChI=1S/C68H114O6/c1-4-7-10-13-16-19-22-25-28-31-32-33-34-35-36-38-40-43-46-49-52-55-58-61-67(70)73-64-65(63-72-66(69)60-57-54-51-48-45-42-39-30-27-24-21-18-15-12-9-6-3)74-68(71)62-59-56-53-50-47-44-41-37-29-26-23-20-17-14-11-8-5-2/h7-8,10-11,16-17,19-20,25-26,28-30,32-33,39,41,44,65H,4-6,9,12-15,18,21-24,27,31,34-38,40,42-43,45-64H2,1-3H3/b10-7-,11-8-,19-16-,20-17-,28-25-,29-26-,33-32-,39-30-,44-41-. The molecule has 0 amide bonds. The predicted octanol–water partition coefficient (Wildman–Crippen LogP) is 21.0. The molecule has 0 aliphatic rings. The molecule has 422 valence electrons. The van der Waals surface area contributed by atoms with Crippen molar-refractivity contribution < 1.29 is 28.6 Å². The van der Waals surface area contributed by atoms with Gasteiger partial charge in [-0.1, -0.05) is 252 Å². The molecular weight excluding hydrogens is 913 g/mol. The van der Waals surface area contributed by atoms with Crippen molar-refractivity contribution in [2.45, 2.75) is 290 Å². The van der Waals surface area contributed by atoms with Crippen LogP contribution in [0, 0.1) is 0 Å². The lowest BCUT2D eigenvalue weighted by molar-refractivity contribution is -0.167. The number of ether oxygens (including phenoxy) is 3. The highest BCUT2D eigenvalue weighted by Crippen LogP contribution is 2.15. The quantitative estimate of drug-likeness (QED) is 0.0261. The van der Waals surface area contributed by atoms with Crippen LogP contribution in [-0.2, 0) is 28.6 Å². The van der Waals surface area contributed by atoms with Gasteiger partial charge in [-0.3, -0.25) is 14.4 Å². The number of unbranched alkanes of at least 4 members (excludes halogenated alkanes) is 26. The third kappa shape index (κ3) is 59.0. The van der Waals surface area contributed by atoms with Crippen molar-refractivity contribution in [3.05, 3.63) is 109 Å². The van der Waals surface area contributed by atoms with Crippen LogP contribution in [0.4, 0.5) is 0 Å². The third-order valence-electron chi connectivity index (χ3n) is 13.0. The van der Waals surface area contributed by atoms with Gasteiger partial charge in [0.15, 0.2) is 6.10 Å². The number of carbonyl (C=O) groups excluding carboxylic acids is 3. The van der Waals surface area contributed by atoms with E-state index in [4.69, 9.17) is 14.2 Å². The molecule has 0 saturated heterocycles. The first-order chi connectivity index (χ1) is 36.5. The Hall–Kier alpha value is -3.93. The smallest absolute Gasteiger partial charge is 0.306 e. The highest BCUT2D eigenvalue weighted by Gasteiger charge is 2.19. The minimum Gasteiger partial charge on any atom is -0.462 e. The molecule has 6 heteroatoms. The summed E-state index contributed by atoms with van der Waals surface area (Å²) in [5, 5.41) is 0. The fourth-order valence-corrected chi connectivity index (χ4v) is 8.42. The van der Waals surface area contributed by atoms with E-state index in [9.17, 15) is 14.4 Å². The highest BCUT2D eigenvalue weighted by molar-refractivity contribution is 5.71. The minimum absolute atomic E-state index is 0.0936. The van der Waals surface area contributed by atoms with E-state index >= 15 is 0 Å². The molecule has 6 nitrogen and oxygen atoms in total. The summed E-state index contributed by atoms with van der Waals surface area (Å²) in [6.45, 7) is 6.40. The summed E-state index contributed by atoms with van der Waals surface area (Å²) in [7, 11) is 0. The lowest BCUT2D eigenvalue weighted by Gasteiger charge is -2.18. The Morgan fingerprint density at radius 1 is 0.284 bits per heavy atom. The lowest BCUT2D eigenvalue weighted by atomic mass is 10.1. The van der Waals surface area contributed by atoms with E-state index in [1.807, 2.05) is 0 Å². The maximum absolute atomic E-state index is 12.9. The van der Waals surface area contributed by atoms with E-state index in [1.165, 1.54) is 116 Å². The number of allylic oxidation sites excluding steroid dienone is 18. The lowest BCUT2D eigenvalue weighted by Crippen LogP contribution is -2.30. The van der Waals surface area contributed by atoms with Crippen LogP contribution in [0.15, 0.2) is 109 Å². The molecule has 0 aromatic carbocycles. The minimum atomic E-state index is -0.799. The number of carbonyl (C=O) groups is 3. The largest absolute Gasteiger partial charge is 0.462 e. The molecule has 0 N–H and O–H groups in total. The summed E-state index contributed by atoms with van der Waals surface area (Å²) in [6, 6.07) is 0. The molecule has 0 aromatic rings. The average molecular weight is 1030 g/mol. The molecule has 0 aromatic heterocycles. The van der Waals surface area contributed by atoms with Gasteiger partial charge in [0.05, 0.1) is 0 Å². The van der Waals surface area contributed by atoms with Crippen LogP contribution < -0.4 is 0 Å². The van der Waals surface area contributed by atoms with Gasteiger partial charge in [-0.2, -0.15) is 0 Å². The van der Waals surface area contributed by atoms with Crippen LogP contribution in [0.25, 0.3) is 0 Å². The van der Waals surface area contributed by atoms with Gasteiger partial charge in [0.1, 0.15) is 13.2 Å². The third-order valence-corrected chi connectivity index (χ3v) is 13.0. The summed E-state index contributed by atoms with van der Waals surface area (Å²) < 4.78 is 16.9. The van der Waals surface area contributed by atoms with Gasteiger partial charge < -0.3 is 14.2 Å². The fraction of sp³-hybridized carbons (Fsp3) is 0.691. The Balaban J connectivity index is 4.41. The molecule has 0 heterocycles. The van der Waals surface area contributed by atoms with Crippen molar-refractivity contribution >= 4 is 17.9 Å². The second-order valence-electron chi connectivity index (χ2n) is 20.2. The Morgan fingerprint density at radius 2 is 0.527 bits per heavy atom. The van der Waals surface area contributed by atoms with E-state index in [2.05, 4.69) is 130 Å². The zero-order valence-corrected chi connectivity index (χ0v) is 48.3. The van der Waals surface area contributed by atoms with Gasteiger partial charge in [-0.25, -0.2) is 0 Å². The first kappa shape index (κ1) is 70.1. The van der Waals surface area contributed by atoms with Crippen molar-refractivity contribution in [2.75, 3.05) is 13.2 Å². The molecule has 0 spiro atoms. The fourth-order valence-electron chi connectivity index (χ4n) is 8.42. The molecule has 0 radical (unpaired) electrons. The number of esters is 3. The van der Waals surface area contributed by atoms with Gasteiger partial charge in [0, 0.05) is 19.3 Å². The molecule has 74 heavy (non-hydrogen) atoms. The summed E-state index contributed by atoms with van der Waals surface area (Å²) in [5.41, 5.74) is 0. The SMILES string of the molecule is CC/C=C\C/C=C\C/C=C\C/C=C\CCCCCCCCCCCCC(=O)OCC(COC(=O)CCCCCCC/C=C\CCCCCCCCC)OC(=O)CCCCCC/C=C\C/C=C\C/C=C\C/C=C\CC. The van der Waals surface area contributed by atoms with Crippen LogP contribution in [0.5, 0.6) is 0 Å². The van der Waals surface area contributed by atoms with E-state index in [0.717, 1.165) is 128 Å². The number of hydrogen-bond donors (Lipinski definition) is 0. The second-order valence-corrected chi connectivity index (χ2v) is 20.2. The summed E-state index contributed by atoms with van der Waals surface area (Å²) in [5.74, 6) is -0.924. The predicted molar refractivity (Wildman–Crippen MR) is 320 cm³/mol. The molecular formula is C68H114O6. The molecule has 0 aliphatic carbocycles. The average Bonchev–Trinajstić information content (AvgIpc) is 3.40. The number of hydrogen-bond acceptors (Lipinski definition) is 6. The van der Waals surface area contributed by atoms with Crippen molar-refractivity contribution in [3.8, 4) is 0 Å². The van der Waals surface area contributed by atoms with Crippen LogP contribution >= 0.6 is 0 Å². The van der Waals surface area contributed by atoms with E-state index in [0.29, 0.717) is 19.3 Å². The van der Waals surface area contributed by atoms with Gasteiger partial charge in [-0.05, 0) is 122 Å². The molecule has 0 rings (SSSR count). The van der Waals surface area contributed by atoms with E-state index in [1.54, 1.807) is 0 Å². The zero-order chi connectivity index (χ0) is 53.6. The maximum Gasteiger partial charge on any atom is 0.306 e. The van der Waals surface area contributed by atoms with Crippen LogP contribution in [0.1, 0.15) is 284 Å². The number of rotatable bonds is 55. The normalized spacial score (nSPS) is 12.9. The summed E-state index contributed by atoms with van der Waals surface area (Å²) in [4.78, 5) is 38.3. The van der Waals surface area contributed by atoms with Crippen LogP contribution in [-0.4, -0.2) is 37.2 Å². The second kappa shape index (κ2) is 61.6. The first-order valence-corrected chi connectivity index (χ1v) is 30.9. The maximum atomic E-state index is 12.9. The Labute approximate surface area is 457 Å². The molecule has 0 fully saturated rings. The van der Waals surface area contributed by atoms with Crippen LogP contribution in [0.2, 0.25) is 0 Å². The molecule has 1 unspecified atom stereocenters. The van der Waals surface area contributed by atoms with Crippen molar-refractivity contribution in [1.82, 2.24) is 0 Å². The van der Waals surface area contributed by atoms with Gasteiger partial charge in [0.25, 0.3) is 0 Å². The Morgan fingerprint density at radius 3 is 0.838 bits per heavy atom. The molecule has 1 atom stereocenters. The summed E-state index contributed by atoms with van der Waals surface area (Å²) >= 11 is 0. The van der Waals surface area contributed by atoms with Gasteiger partial charge in [-0.15, -0.1) is 0 Å². The summed E-state index contributed by atoms with van der Waals surface area (Å²) in [6.07, 6.45) is 83.7. The molecule has 0 saturated carbocycles. The first-order valence-electron chi connectivity index (χ1n) is 30.9. The van der Waals surface area contributed by atoms with E-state index < -0.39 is 6.10 Å². The van der Waals surface area contributed by atoms with Gasteiger partial charge in [0.2, 0.25) is 0 Å². The van der Waals surface area contributed by atoms with Crippen molar-refractivity contribution in [1.29, 1.82) is 0 Å². The Kier molecular flexibility index (Phi) is 58.3.